The van der Waals surface area contributed by atoms with Crippen LogP contribution in [0.3, 0.4) is 0 Å². The molecule has 0 spiro atoms. The molecule has 1 aliphatic rings. The highest BCUT2D eigenvalue weighted by Crippen LogP contribution is 2.45. The number of aliphatic hydroxyl groups is 1. The molecule has 1 heterocycles. The van der Waals surface area contributed by atoms with Crippen LogP contribution < -0.4 is 14.4 Å². The van der Waals surface area contributed by atoms with Gasteiger partial charge in [0, 0.05) is 11.3 Å². The fourth-order valence-electron chi connectivity index (χ4n) is 4.69. The van der Waals surface area contributed by atoms with Gasteiger partial charge < -0.3 is 14.6 Å². The lowest BCUT2D eigenvalue weighted by atomic mass is 9.94. The molecule has 4 aromatic carbocycles. The Morgan fingerprint density at radius 1 is 0.872 bits per heavy atom. The zero-order valence-electron chi connectivity index (χ0n) is 21.4. The number of halogens is 1. The van der Waals surface area contributed by atoms with Gasteiger partial charge in [0.1, 0.15) is 23.0 Å². The molecule has 0 radical (unpaired) electrons. The molecule has 1 atom stereocenters. The fourth-order valence-corrected chi connectivity index (χ4v) is 4.90. The SMILES string of the molecule is CCOc1ccc(Cl)c(/C(O)=C2\C(=O)C(=O)N(c3ccccc3C)C2c2cccc(Oc3ccccc3)c2)c1. The second kappa shape index (κ2) is 11.1. The predicted octanol–water partition coefficient (Wildman–Crippen LogP) is 7.47. The maximum absolute atomic E-state index is 13.6. The molecule has 1 fully saturated rings. The highest BCUT2D eigenvalue weighted by atomic mass is 35.5. The summed E-state index contributed by atoms with van der Waals surface area (Å²) in [6.07, 6.45) is 0. The quantitative estimate of drug-likeness (QED) is 0.150. The molecule has 0 bridgehead atoms. The Bertz CT molecular complexity index is 1580. The molecule has 0 aromatic heterocycles. The molecule has 5 rings (SSSR count). The van der Waals surface area contributed by atoms with Crippen LogP contribution in [0.25, 0.3) is 5.76 Å². The number of rotatable bonds is 7. The van der Waals surface area contributed by atoms with E-state index < -0.39 is 17.7 Å². The third-order valence-corrected chi connectivity index (χ3v) is 6.81. The van der Waals surface area contributed by atoms with Crippen LogP contribution in [0.15, 0.2) is 103 Å². The highest BCUT2D eigenvalue weighted by Gasteiger charge is 2.47. The molecule has 1 aliphatic heterocycles. The number of nitrogens with zero attached hydrogens (tertiary/aromatic N) is 1. The average molecular weight is 540 g/mol. The summed E-state index contributed by atoms with van der Waals surface area (Å²) in [6.45, 7) is 4.11. The van der Waals surface area contributed by atoms with Crippen molar-refractivity contribution in [3.63, 3.8) is 0 Å². The van der Waals surface area contributed by atoms with E-state index in [0.717, 1.165) is 5.56 Å². The van der Waals surface area contributed by atoms with Gasteiger partial charge in [-0.2, -0.15) is 0 Å². The van der Waals surface area contributed by atoms with Gasteiger partial charge in [0.05, 0.1) is 23.2 Å². The first-order valence-electron chi connectivity index (χ1n) is 12.5. The number of anilines is 1. The van der Waals surface area contributed by atoms with Crippen molar-refractivity contribution in [3.05, 3.63) is 124 Å². The van der Waals surface area contributed by atoms with E-state index in [9.17, 15) is 14.7 Å². The maximum Gasteiger partial charge on any atom is 0.300 e. The van der Waals surface area contributed by atoms with E-state index in [-0.39, 0.29) is 21.9 Å². The lowest BCUT2D eigenvalue weighted by Crippen LogP contribution is -2.30. The van der Waals surface area contributed by atoms with Crippen LogP contribution in [-0.4, -0.2) is 23.4 Å². The monoisotopic (exact) mass is 539 g/mol. The van der Waals surface area contributed by atoms with Crippen molar-refractivity contribution < 1.29 is 24.2 Å². The second-order valence-electron chi connectivity index (χ2n) is 9.02. The van der Waals surface area contributed by atoms with Crippen LogP contribution >= 0.6 is 11.6 Å². The average Bonchev–Trinajstić information content (AvgIpc) is 3.20. The number of amides is 1. The number of ketones is 1. The van der Waals surface area contributed by atoms with Crippen molar-refractivity contribution in [2.75, 3.05) is 11.5 Å². The van der Waals surface area contributed by atoms with Gasteiger partial charge in [-0.1, -0.05) is 60.1 Å². The van der Waals surface area contributed by atoms with Crippen LogP contribution in [0.5, 0.6) is 17.2 Å². The third-order valence-electron chi connectivity index (χ3n) is 6.48. The normalized spacial score (nSPS) is 16.4. The second-order valence-corrected chi connectivity index (χ2v) is 9.43. The molecular weight excluding hydrogens is 514 g/mol. The summed E-state index contributed by atoms with van der Waals surface area (Å²) in [6, 6.07) is 27.6. The number of para-hydroxylation sites is 2. The third kappa shape index (κ3) is 5.11. The number of ether oxygens (including phenoxy) is 2. The molecule has 4 aromatic rings. The molecule has 1 N–H and O–H groups in total. The standard InChI is InChI=1S/C32H26ClNO5/c1-3-38-23-16-17-26(33)25(19-23)30(35)28-29(34(32(37)31(28)36)27-15-8-7-10-20(27)2)21-11-9-14-24(18-21)39-22-12-5-4-6-13-22/h4-19,29,35H,3H2,1-2H3/b30-28+. The Morgan fingerprint density at radius 3 is 2.33 bits per heavy atom. The minimum Gasteiger partial charge on any atom is -0.507 e. The summed E-state index contributed by atoms with van der Waals surface area (Å²) in [5.74, 6) is -0.301. The summed E-state index contributed by atoms with van der Waals surface area (Å²) in [7, 11) is 0. The first kappa shape index (κ1) is 26.1. The number of hydrogen-bond acceptors (Lipinski definition) is 5. The Labute approximate surface area is 231 Å². The van der Waals surface area contributed by atoms with E-state index in [2.05, 4.69) is 0 Å². The lowest BCUT2D eigenvalue weighted by molar-refractivity contribution is -0.132. The summed E-state index contributed by atoms with van der Waals surface area (Å²) in [4.78, 5) is 28.6. The number of Topliss-reactive ketones (excluding diaryl/α,β-unsaturated/α-hetero) is 1. The molecule has 6 nitrogen and oxygen atoms in total. The summed E-state index contributed by atoms with van der Waals surface area (Å²) in [5.41, 5.74) is 2.08. The summed E-state index contributed by atoms with van der Waals surface area (Å²) < 4.78 is 11.6. The van der Waals surface area contributed by atoms with Gasteiger partial charge in [0.15, 0.2) is 0 Å². The topological polar surface area (TPSA) is 76.1 Å². The van der Waals surface area contributed by atoms with E-state index in [1.165, 1.54) is 4.90 Å². The van der Waals surface area contributed by atoms with Crippen molar-refractivity contribution in [1.82, 2.24) is 0 Å². The minimum atomic E-state index is -0.933. The van der Waals surface area contributed by atoms with Gasteiger partial charge in [0.2, 0.25) is 0 Å². The van der Waals surface area contributed by atoms with Crippen molar-refractivity contribution in [3.8, 4) is 17.2 Å². The Kier molecular flexibility index (Phi) is 7.39. The molecular formula is C32H26ClNO5. The fraction of sp³-hybridized carbons (Fsp3) is 0.125. The van der Waals surface area contributed by atoms with Gasteiger partial charge in [-0.25, -0.2) is 0 Å². The van der Waals surface area contributed by atoms with Crippen LogP contribution in [0.4, 0.5) is 5.69 Å². The number of carbonyl (C=O) groups excluding carboxylic acids is 2. The van der Waals surface area contributed by atoms with Crippen LogP contribution in [0.1, 0.15) is 29.7 Å². The van der Waals surface area contributed by atoms with Crippen molar-refractivity contribution in [2.45, 2.75) is 19.9 Å². The maximum atomic E-state index is 13.6. The number of aryl methyl sites for hydroxylation is 1. The molecule has 1 saturated heterocycles. The van der Waals surface area contributed by atoms with Gasteiger partial charge >= 0.3 is 0 Å². The van der Waals surface area contributed by atoms with Gasteiger partial charge in [-0.3, -0.25) is 14.5 Å². The molecule has 39 heavy (non-hydrogen) atoms. The van der Waals surface area contributed by atoms with Crippen LogP contribution in [0.2, 0.25) is 5.02 Å². The first-order valence-corrected chi connectivity index (χ1v) is 12.9. The lowest BCUT2D eigenvalue weighted by Gasteiger charge is -2.27. The Balaban J connectivity index is 1.70. The zero-order valence-corrected chi connectivity index (χ0v) is 22.2. The van der Waals surface area contributed by atoms with Crippen LogP contribution in [0, 0.1) is 6.92 Å². The van der Waals surface area contributed by atoms with E-state index in [0.29, 0.717) is 35.1 Å². The number of carbonyl (C=O) groups is 2. The predicted molar refractivity (Wildman–Crippen MR) is 152 cm³/mol. The number of benzene rings is 4. The summed E-state index contributed by atoms with van der Waals surface area (Å²) >= 11 is 6.46. The van der Waals surface area contributed by atoms with Crippen LogP contribution in [-0.2, 0) is 9.59 Å². The van der Waals surface area contributed by atoms with E-state index in [4.69, 9.17) is 21.1 Å². The highest BCUT2D eigenvalue weighted by molar-refractivity contribution is 6.52. The Hall–Kier alpha value is -4.55. The molecule has 0 saturated carbocycles. The molecule has 0 aliphatic carbocycles. The molecule has 7 heteroatoms. The van der Waals surface area contributed by atoms with E-state index >= 15 is 0 Å². The van der Waals surface area contributed by atoms with E-state index in [1.807, 2.05) is 56.3 Å². The molecule has 1 amide bonds. The number of aliphatic hydroxyl groups excluding tert-OH is 1. The van der Waals surface area contributed by atoms with Gasteiger partial charge in [-0.15, -0.1) is 0 Å². The summed E-state index contributed by atoms with van der Waals surface area (Å²) in [5, 5.41) is 11.8. The zero-order chi connectivity index (χ0) is 27.5. The molecule has 196 valence electrons. The van der Waals surface area contributed by atoms with Crippen molar-refractivity contribution in [1.29, 1.82) is 0 Å². The largest absolute Gasteiger partial charge is 0.507 e. The van der Waals surface area contributed by atoms with Crippen molar-refractivity contribution >= 4 is 34.7 Å². The smallest absolute Gasteiger partial charge is 0.300 e. The Morgan fingerprint density at radius 2 is 1.59 bits per heavy atom. The van der Waals surface area contributed by atoms with Gasteiger partial charge in [0.25, 0.3) is 11.7 Å². The number of hydrogen-bond donors (Lipinski definition) is 1. The first-order chi connectivity index (χ1) is 18.9. The molecule has 1 unspecified atom stereocenters. The van der Waals surface area contributed by atoms with E-state index in [1.54, 1.807) is 54.6 Å². The van der Waals surface area contributed by atoms with Crippen molar-refractivity contribution in [2.24, 2.45) is 0 Å². The minimum absolute atomic E-state index is 0.0735. The van der Waals surface area contributed by atoms with Gasteiger partial charge in [-0.05, 0) is 73.5 Å².